The van der Waals surface area contributed by atoms with Gasteiger partial charge in [0.15, 0.2) is 0 Å². The van der Waals surface area contributed by atoms with Gasteiger partial charge in [0, 0.05) is 45.2 Å². The maximum atomic E-state index is 12.9. The summed E-state index contributed by atoms with van der Waals surface area (Å²) in [6.07, 6.45) is -1.57. The fraction of sp³-hybridized carbons (Fsp3) is 0.579. The van der Waals surface area contributed by atoms with Crippen LogP contribution in [0.5, 0.6) is 0 Å². The van der Waals surface area contributed by atoms with Gasteiger partial charge in [-0.15, -0.1) is 0 Å². The topological polar surface area (TPSA) is 87.0 Å². The van der Waals surface area contributed by atoms with E-state index in [0.717, 1.165) is 31.4 Å². The Bertz CT molecular complexity index is 822. The molecule has 0 unspecified atom stereocenters. The third-order valence-electron chi connectivity index (χ3n) is 5.47. The number of hydrogen-bond donors (Lipinski definition) is 0. The molecule has 0 atom stereocenters. The Kier molecular flexibility index (Phi) is 6.47. The molecule has 0 saturated carbocycles. The Morgan fingerprint density at radius 1 is 1.07 bits per heavy atom. The molecule has 1 aromatic carbocycles. The largest absolute Gasteiger partial charge is 0.416 e. The van der Waals surface area contributed by atoms with Crippen LogP contribution in [0.2, 0.25) is 0 Å². The van der Waals surface area contributed by atoms with E-state index in [-0.39, 0.29) is 50.2 Å². The van der Waals surface area contributed by atoms with Gasteiger partial charge in [0.2, 0.25) is 11.8 Å². The summed E-state index contributed by atoms with van der Waals surface area (Å²) in [5, 5.41) is 11.3. The third kappa shape index (κ3) is 5.00. The number of benzene rings is 1. The number of amides is 2. The van der Waals surface area contributed by atoms with E-state index >= 15 is 0 Å². The van der Waals surface area contributed by atoms with Crippen molar-refractivity contribution in [3.05, 3.63) is 33.9 Å². The van der Waals surface area contributed by atoms with Crippen molar-refractivity contribution in [2.75, 3.05) is 44.2 Å². The average Bonchev–Trinajstić information content (AvgIpc) is 2.91. The van der Waals surface area contributed by atoms with Crippen LogP contribution in [0.4, 0.5) is 24.5 Å². The second-order valence-electron chi connectivity index (χ2n) is 7.45. The number of anilines is 1. The molecule has 0 N–H and O–H groups in total. The smallest absolute Gasteiger partial charge is 0.362 e. The molecule has 2 heterocycles. The van der Waals surface area contributed by atoms with E-state index in [1.807, 2.05) is 0 Å². The lowest BCUT2D eigenvalue weighted by Crippen LogP contribution is -2.52. The maximum Gasteiger partial charge on any atom is 0.416 e. The van der Waals surface area contributed by atoms with Crippen LogP contribution >= 0.6 is 0 Å². The van der Waals surface area contributed by atoms with Gasteiger partial charge < -0.3 is 14.7 Å². The van der Waals surface area contributed by atoms with E-state index in [4.69, 9.17) is 0 Å². The Morgan fingerprint density at radius 3 is 2.40 bits per heavy atom. The first kappa shape index (κ1) is 21.8. The van der Waals surface area contributed by atoms with Crippen LogP contribution in [0.3, 0.4) is 0 Å². The zero-order valence-corrected chi connectivity index (χ0v) is 16.4. The van der Waals surface area contributed by atoms with Crippen LogP contribution in [0.25, 0.3) is 0 Å². The van der Waals surface area contributed by atoms with Gasteiger partial charge in [-0.3, -0.25) is 19.7 Å². The number of likely N-dealkylation sites (tertiary alicyclic amines) is 1. The van der Waals surface area contributed by atoms with Crippen molar-refractivity contribution >= 4 is 23.2 Å². The minimum atomic E-state index is -4.67. The number of nitro benzene ring substituents is 1. The molecule has 3 rings (SSSR count). The molecule has 30 heavy (non-hydrogen) atoms. The molecule has 2 fully saturated rings. The average molecular weight is 428 g/mol. The number of piperazine rings is 1. The molecule has 2 aliphatic heterocycles. The summed E-state index contributed by atoms with van der Waals surface area (Å²) in [7, 11) is 0. The predicted molar refractivity (Wildman–Crippen MR) is 102 cm³/mol. The van der Waals surface area contributed by atoms with E-state index in [0.29, 0.717) is 19.0 Å². The standard InChI is InChI=1S/C19H23F3N4O4/c20-19(21,22)14-5-6-15(16(12-14)26(29)30)23-8-10-24(11-9-23)18(28)13-25-7-3-1-2-4-17(25)27/h5-6,12H,1-4,7-11,13H2. The highest BCUT2D eigenvalue weighted by atomic mass is 19.4. The first-order chi connectivity index (χ1) is 14.2. The second kappa shape index (κ2) is 8.88. The summed E-state index contributed by atoms with van der Waals surface area (Å²) in [5.74, 6) is -0.216. The van der Waals surface area contributed by atoms with Crippen molar-refractivity contribution < 1.29 is 27.7 Å². The van der Waals surface area contributed by atoms with Crippen LogP contribution in [-0.4, -0.2) is 65.8 Å². The van der Waals surface area contributed by atoms with Crippen LogP contribution in [0.1, 0.15) is 31.2 Å². The molecule has 0 aromatic heterocycles. The van der Waals surface area contributed by atoms with Crippen molar-refractivity contribution in [3.63, 3.8) is 0 Å². The zero-order valence-electron chi connectivity index (χ0n) is 16.4. The van der Waals surface area contributed by atoms with Crippen molar-refractivity contribution in [2.24, 2.45) is 0 Å². The lowest BCUT2D eigenvalue weighted by Gasteiger charge is -2.36. The lowest BCUT2D eigenvalue weighted by atomic mass is 10.1. The first-order valence-corrected chi connectivity index (χ1v) is 9.83. The second-order valence-corrected chi connectivity index (χ2v) is 7.45. The van der Waals surface area contributed by atoms with E-state index < -0.39 is 22.4 Å². The van der Waals surface area contributed by atoms with Gasteiger partial charge in [-0.05, 0) is 25.0 Å². The Labute approximate surface area is 171 Å². The van der Waals surface area contributed by atoms with Crippen LogP contribution in [0.15, 0.2) is 18.2 Å². The number of nitrogens with zero attached hydrogens (tertiary/aromatic N) is 4. The molecule has 0 bridgehead atoms. The summed E-state index contributed by atoms with van der Waals surface area (Å²) < 4.78 is 38.6. The predicted octanol–water partition coefficient (Wildman–Crippen LogP) is 2.66. The quantitative estimate of drug-likeness (QED) is 0.544. The van der Waals surface area contributed by atoms with Crippen molar-refractivity contribution in [1.82, 2.24) is 9.80 Å². The molecule has 0 radical (unpaired) electrons. The summed E-state index contributed by atoms with van der Waals surface area (Å²) in [6, 6.07) is 2.47. The fourth-order valence-corrected chi connectivity index (χ4v) is 3.78. The number of halogens is 3. The van der Waals surface area contributed by atoms with Crippen LogP contribution in [-0.2, 0) is 15.8 Å². The normalized spacial score (nSPS) is 18.4. The summed E-state index contributed by atoms with van der Waals surface area (Å²) in [6.45, 7) is 1.64. The van der Waals surface area contributed by atoms with Gasteiger partial charge in [0.05, 0.1) is 17.0 Å². The Balaban J connectivity index is 1.64. The van der Waals surface area contributed by atoms with E-state index in [1.54, 1.807) is 14.7 Å². The third-order valence-corrected chi connectivity index (χ3v) is 5.47. The highest BCUT2D eigenvalue weighted by Gasteiger charge is 2.34. The van der Waals surface area contributed by atoms with Gasteiger partial charge in [0.1, 0.15) is 5.69 Å². The van der Waals surface area contributed by atoms with Crippen LogP contribution < -0.4 is 4.90 Å². The molecule has 11 heteroatoms. The molecule has 164 valence electrons. The first-order valence-electron chi connectivity index (χ1n) is 9.83. The molecule has 2 aliphatic rings. The Hall–Kier alpha value is -2.85. The number of hydrogen-bond acceptors (Lipinski definition) is 5. The fourth-order valence-electron chi connectivity index (χ4n) is 3.78. The van der Waals surface area contributed by atoms with Crippen LogP contribution in [0, 0.1) is 10.1 Å². The van der Waals surface area contributed by atoms with Crippen molar-refractivity contribution in [2.45, 2.75) is 31.9 Å². The molecule has 2 amide bonds. The summed E-state index contributed by atoms with van der Waals surface area (Å²) >= 11 is 0. The Morgan fingerprint density at radius 2 is 1.77 bits per heavy atom. The number of alkyl halides is 3. The van der Waals surface area contributed by atoms with Gasteiger partial charge in [-0.2, -0.15) is 13.2 Å². The number of carbonyl (C=O) groups is 2. The number of rotatable bonds is 4. The van der Waals surface area contributed by atoms with Gasteiger partial charge in [0.25, 0.3) is 5.69 Å². The zero-order chi connectivity index (χ0) is 21.9. The van der Waals surface area contributed by atoms with E-state index in [9.17, 15) is 32.9 Å². The minimum absolute atomic E-state index is 0.0132. The molecule has 1 aromatic rings. The van der Waals surface area contributed by atoms with Gasteiger partial charge in [-0.25, -0.2) is 0 Å². The monoisotopic (exact) mass is 428 g/mol. The van der Waals surface area contributed by atoms with E-state index in [2.05, 4.69) is 0 Å². The number of carbonyl (C=O) groups excluding carboxylic acids is 2. The molecular formula is C19H23F3N4O4. The molecule has 0 spiro atoms. The highest BCUT2D eigenvalue weighted by molar-refractivity contribution is 5.85. The molecule has 0 aliphatic carbocycles. The van der Waals surface area contributed by atoms with Crippen molar-refractivity contribution in [3.8, 4) is 0 Å². The van der Waals surface area contributed by atoms with Gasteiger partial charge in [-0.1, -0.05) is 6.42 Å². The highest BCUT2D eigenvalue weighted by Crippen LogP contribution is 2.36. The SMILES string of the molecule is O=C(CN1CCCCCC1=O)N1CCN(c2ccc(C(F)(F)F)cc2[N+](=O)[O-])CC1. The lowest BCUT2D eigenvalue weighted by molar-refractivity contribution is -0.384. The van der Waals surface area contributed by atoms with E-state index in [1.165, 1.54) is 0 Å². The van der Waals surface area contributed by atoms with Gasteiger partial charge >= 0.3 is 6.18 Å². The molecule has 2 saturated heterocycles. The summed E-state index contributed by atoms with van der Waals surface area (Å²) in [5.41, 5.74) is -1.59. The van der Waals surface area contributed by atoms with Crippen molar-refractivity contribution in [1.29, 1.82) is 0 Å². The number of nitro groups is 1. The maximum absolute atomic E-state index is 12.9. The summed E-state index contributed by atoms with van der Waals surface area (Å²) in [4.78, 5) is 39.9. The molecule has 8 nitrogen and oxygen atoms in total. The molecular weight excluding hydrogens is 405 g/mol. The minimum Gasteiger partial charge on any atom is -0.362 e.